The van der Waals surface area contributed by atoms with Crippen molar-refractivity contribution in [2.75, 3.05) is 11.4 Å². The monoisotopic (exact) mass is 248 g/mol. The summed E-state index contributed by atoms with van der Waals surface area (Å²) in [6.07, 6.45) is 3.33. The maximum Gasteiger partial charge on any atom is 0.240 e. The van der Waals surface area contributed by atoms with E-state index in [1.807, 2.05) is 16.3 Å². The van der Waals surface area contributed by atoms with Gasteiger partial charge in [-0.25, -0.2) is 9.97 Å². The van der Waals surface area contributed by atoms with Gasteiger partial charge < -0.3 is 10.6 Å². The van der Waals surface area contributed by atoms with Gasteiger partial charge in [-0.05, 0) is 24.3 Å². The van der Waals surface area contributed by atoms with Gasteiger partial charge in [-0.2, -0.15) is 0 Å². The van der Waals surface area contributed by atoms with Crippen molar-refractivity contribution in [2.24, 2.45) is 5.73 Å². The molecular weight excluding hydrogens is 236 g/mol. The predicted molar refractivity (Wildman–Crippen MR) is 67.0 cm³/mol. The molecule has 17 heavy (non-hydrogen) atoms. The van der Waals surface area contributed by atoms with Gasteiger partial charge in [-0.1, -0.05) is 0 Å². The van der Waals surface area contributed by atoms with E-state index in [9.17, 15) is 4.79 Å². The van der Waals surface area contributed by atoms with Crippen LogP contribution in [0, 0.1) is 0 Å². The largest absolute Gasteiger partial charge is 0.368 e. The van der Waals surface area contributed by atoms with Crippen LogP contribution < -0.4 is 10.6 Å². The van der Waals surface area contributed by atoms with Gasteiger partial charge in [-0.3, -0.25) is 4.79 Å². The molecule has 0 saturated carbocycles. The first-order chi connectivity index (χ1) is 8.27. The molecule has 1 saturated heterocycles. The number of anilines is 1. The van der Waals surface area contributed by atoms with Gasteiger partial charge >= 0.3 is 0 Å². The molecule has 0 aliphatic carbocycles. The fraction of sp³-hybridized carbons (Fsp3) is 0.364. The van der Waals surface area contributed by atoms with E-state index in [2.05, 4.69) is 9.97 Å². The number of hydrogen-bond donors (Lipinski definition) is 1. The Labute approximate surface area is 102 Å². The molecule has 0 bridgehead atoms. The summed E-state index contributed by atoms with van der Waals surface area (Å²) in [5, 5.41) is 2.99. The number of carbonyl (C=O) groups is 1. The molecule has 6 heteroatoms. The second kappa shape index (κ2) is 3.96. The SMILES string of the molecule is NC(=O)[C@H]1CCCN1c1ncnc2sccc12. The van der Waals surface area contributed by atoms with Crippen LogP contribution in [0.2, 0.25) is 0 Å². The van der Waals surface area contributed by atoms with Crippen molar-refractivity contribution in [3.8, 4) is 0 Å². The normalized spacial score (nSPS) is 20.0. The standard InChI is InChI=1S/C11H12N4OS/c12-9(16)8-2-1-4-15(8)10-7-3-5-17-11(7)14-6-13-10/h3,5-6,8H,1-2,4H2,(H2,12,16)/t8-/m1/s1. The highest BCUT2D eigenvalue weighted by Gasteiger charge is 2.31. The van der Waals surface area contributed by atoms with Gasteiger partial charge in [0.15, 0.2) is 0 Å². The number of fused-ring (bicyclic) bond motifs is 1. The number of hydrogen-bond acceptors (Lipinski definition) is 5. The summed E-state index contributed by atoms with van der Waals surface area (Å²) in [6, 6.07) is 1.76. The highest BCUT2D eigenvalue weighted by Crippen LogP contribution is 2.31. The Kier molecular flexibility index (Phi) is 2.44. The zero-order chi connectivity index (χ0) is 11.8. The van der Waals surface area contributed by atoms with Crippen molar-refractivity contribution < 1.29 is 4.79 Å². The lowest BCUT2D eigenvalue weighted by Crippen LogP contribution is -2.40. The molecule has 1 aliphatic heterocycles. The third-order valence-electron chi connectivity index (χ3n) is 3.09. The van der Waals surface area contributed by atoms with Crippen LogP contribution in [0.25, 0.3) is 10.2 Å². The van der Waals surface area contributed by atoms with E-state index in [4.69, 9.17) is 5.73 Å². The summed E-state index contributed by atoms with van der Waals surface area (Å²) in [5.74, 6) is 0.557. The van der Waals surface area contributed by atoms with Crippen LogP contribution in [-0.4, -0.2) is 28.5 Å². The summed E-state index contributed by atoms with van der Waals surface area (Å²) in [4.78, 5) is 22.9. The van der Waals surface area contributed by atoms with Gasteiger partial charge in [0.1, 0.15) is 23.0 Å². The Hall–Kier alpha value is -1.69. The predicted octanol–water partition coefficient (Wildman–Crippen LogP) is 1.15. The minimum absolute atomic E-state index is 0.229. The molecule has 3 rings (SSSR count). The topological polar surface area (TPSA) is 72.1 Å². The van der Waals surface area contributed by atoms with E-state index < -0.39 is 0 Å². The quantitative estimate of drug-likeness (QED) is 0.865. The van der Waals surface area contributed by atoms with E-state index in [0.29, 0.717) is 0 Å². The lowest BCUT2D eigenvalue weighted by molar-refractivity contribution is -0.119. The van der Waals surface area contributed by atoms with Crippen molar-refractivity contribution in [1.82, 2.24) is 9.97 Å². The Morgan fingerprint density at radius 3 is 3.24 bits per heavy atom. The average molecular weight is 248 g/mol. The molecule has 2 aromatic heterocycles. The van der Waals surface area contributed by atoms with Crippen LogP contribution in [0.5, 0.6) is 0 Å². The first-order valence-corrected chi connectivity index (χ1v) is 6.39. The third kappa shape index (κ3) is 1.64. The molecular formula is C11H12N4OS. The molecule has 2 N–H and O–H groups in total. The summed E-state index contributed by atoms with van der Waals surface area (Å²) in [5.41, 5.74) is 5.42. The molecule has 0 unspecified atom stereocenters. The van der Waals surface area contributed by atoms with Crippen LogP contribution in [0.1, 0.15) is 12.8 Å². The zero-order valence-corrected chi connectivity index (χ0v) is 9.98. The maximum atomic E-state index is 11.4. The molecule has 5 nitrogen and oxygen atoms in total. The molecule has 1 atom stereocenters. The first-order valence-electron chi connectivity index (χ1n) is 5.51. The minimum atomic E-state index is -0.274. The van der Waals surface area contributed by atoms with Crippen LogP contribution in [0.4, 0.5) is 5.82 Å². The van der Waals surface area contributed by atoms with Crippen LogP contribution in [0.3, 0.4) is 0 Å². The minimum Gasteiger partial charge on any atom is -0.368 e. The van der Waals surface area contributed by atoms with Gasteiger partial charge in [0.05, 0.1) is 5.39 Å². The second-order valence-corrected chi connectivity index (χ2v) is 4.99. The molecule has 1 aliphatic rings. The van der Waals surface area contributed by atoms with Gasteiger partial charge in [0.25, 0.3) is 0 Å². The molecule has 0 radical (unpaired) electrons. The van der Waals surface area contributed by atoms with Crippen LogP contribution >= 0.6 is 11.3 Å². The Morgan fingerprint density at radius 1 is 1.53 bits per heavy atom. The van der Waals surface area contributed by atoms with Crippen molar-refractivity contribution in [2.45, 2.75) is 18.9 Å². The zero-order valence-electron chi connectivity index (χ0n) is 9.17. The summed E-state index contributed by atoms with van der Waals surface area (Å²) in [6.45, 7) is 0.829. The number of nitrogens with zero attached hydrogens (tertiary/aromatic N) is 3. The van der Waals surface area contributed by atoms with Gasteiger partial charge in [-0.15, -0.1) is 11.3 Å². The van der Waals surface area contributed by atoms with E-state index in [0.717, 1.165) is 35.4 Å². The van der Waals surface area contributed by atoms with Crippen LogP contribution in [0.15, 0.2) is 17.8 Å². The molecule has 0 aromatic carbocycles. The number of amides is 1. The Balaban J connectivity index is 2.08. The third-order valence-corrected chi connectivity index (χ3v) is 3.91. The van der Waals surface area contributed by atoms with E-state index in [1.54, 1.807) is 17.7 Å². The van der Waals surface area contributed by atoms with Crippen molar-refractivity contribution in [3.05, 3.63) is 17.8 Å². The molecule has 2 aromatic rings. The highest BCUT2D eigenvalue weighted by atomic mass is 32.1. The van der Waals surface area contributed by atoms with Crippen molar-refractivity contribution >= 4 is 33.3 Å². The summed E-state index contributed by atoms with van der Waals surface area (Å²) in [7, 11) is 0. The first kappa shape index (κ1) is 10.5. The smallest absolute Gasteiger partial charge is 0.240 e. The fourth-order valence-electron chi connectivity index (χ4n) is 2.32. The number of carbonyl (C=O) groups excluding carboxylic acids is 1. The Bertz CT molecular complexity index is 567. The number of primary amides is 1. The number of aromatic nitrogens is 2. The fourth-order valence-corrected chi connectivity index (χ4v) is 3.05. The summed E-state index contributed by atoms with van der Waals surface area (Å²) >= 11 is 1.58. The molecule has 88 valence electrons. The number of nitrogens with two attached hydrogens (primary N) is 1. The van der Waals surface area contributed by atoms with Crippen molar-refractivity contribution in [1.29, 1.82) is 0 Å². The van der Waals surface area contributed by atoms with E-state index in [1.165, 1.54) is 0 Å². The molecule has 1 amide bonds. The van der Waals surface area contributed by atoms with Gasteiger partial charge in [0.2, 0.25) is 5.91 Å². The van der Waals surface area contributed by atoms with Crippen molar-refractivity contribution in [3.63, 3.8) is 0 Å². The molecule has 0 spiro atoms. The van der Waals surface area contributed by atoms with E-state index in [-0.39, 0.29) is 11.9 Å². The molecule has 3 heterocycles. The average Bonchev–Trinajstić information content (AvgIpc) is 2.97. The lowest BCUT2D eigenvalue weighted by atomic mass is 10.2. The number of thiophene rings is 1. The second-order valence-electron chi connectivity index (χ2n) is 4.09. The van der Waals surface area contributed by atoms with E-state index >= 15 is 0 Å². The summed E-state index contributed by atoms with van der Waals surface area (Å²) < 4.78 is 0. The molecule has 1 fully saturated rings. The lowest BCUT2D eigenvalue weighted by Gasteiger charge is -2.23. The van der Waals surface area contributed by atoms with Crippen LogP contribution in [-0.2, 0) is 4.79 Å². The van der Waals surface area contributed by atoms with Gasteiger partial charge in [0, 0.05) is 6.54 Å². The Morgan fingerprint density at radius 2 is 2.41 bits per heavy atom. The highest BCUT2D eigenvalue weighted by molar-refractivity contribution is 7.16. The maximum absolute atomic E-state index is 11.4. The number of rotatable bonds is 2.